The van der Waals surface area contributed by atoms with Gasteiger partial charge in [-0.05, 0) is 48.1 Å². The average molecular weight is 283 g/mol. The van der Waals surface area contributed by atoms with Crippen LogP contribution in [-0.4, -0.2) is 14.2 Å². The summed E-state index contributed by atoms with van der Waals surface area (Å²) in [5, 5.41) is 0. The zero-order chi connectivity index (χ0) is 14.9. The molecule has 3 heteroatoms. The van der Waals surface area contributed by atoms with Crippen molar-refractivity contribution in [3.63, 3.8) is 0 Å². The number of benzene rings is 2. The minimum Gasteiger partial charge on any atom is -0.493 e. The van der Waals surface area contributed by atoms with Crippen LogP contribution in [0.4, 0.5) is 0 Å². The fourth-order valence-corrected chi connectivity index (χ4v) is 3.15. The van der Waals surface area contributed by atoms with Gasteiger partial charge in [0, 0.05) is 5.54 Å². The van der Waals surface area contributed by atoms with Gasteiger partial charge in [0.25, 0.3) is 0 Å². The number of hydrogen-bond acceptors (Lipinski definition) is 3. The Morgan fingerprint density at radius 3 is 2.38 bits per heavy atom. The maximum absolute atomic E-state index is 6.71. The number of rotatable bonds is 3. The largest absolute Gasteiger partial charge is 0.493 e. The number of ether oxygens (including phenoxy) is 2. The summed E-state index contributed by atoms with van der Waals surface area (Å²) in [4.78, 5) is 0. The lowest BCUT2D eigenvalue weighted by Gasteiger charge is -2.35. The molecule has 0 fully saturated rings. The first-order chi connectivity index (χ1) is 10.2. The Kier molecular flexibility index (Phi) is 3.60. The summed E-state index contributed by atoms with van der Waals surface area (Å²) in [5.74, 6) is 1.47. The molecule has 110 valence electrons. The van der Waals surface area contributed by atoms with E-state index in [2.05, 4.69) is 30.3 Å². The van der Waals surface area contributed by atoms with Crippen molar-refractivity contribution in [2.45, 2.75) is 24.8 Å². The summed E-state index contributed by atoms with van der Waals surface area (Å²) < 4.78 is 10.7. The van der Waals surface area contributed by atoms with Crippen LogP contribution in [0.1, 0.15) is 23.1 Å². The first-order valence-corrected chi connectivity index (χ1v) is 7.24. The van der Waals surface area contributed by atoms with Gasteiger partial charge in [-0.25, -0.2) is 0 Å². The van der Waals surface area contributed by atoms with E-state index in [1.165, 1.54) is 11.1 Å². The highest BCUT2D eigenvalue weighted by Crippen LogP contribution is 2.38. The van der Waals surface area contributed by atoms with Crippen LogP contribution < -0.4 is 15.2 Å². The first-order valence-electron chi connectivity index (χ1n) is 7.24. The summed E-state index contributed by atoms with van der Waals surface area (Å²) in [6, 6.07) is 14.5. The third kappa shape index (κ3) is 2.49. The van der Waals surface area contributed by atoms with Crippen LogP contribution >= 0.6 is 0 Å². The Morgan fingerprint density at radius 1 is 0.952 bits per heavy atom. The molecular formula is C18H21NO2. The maximum atomic E-state index is 6.71. The molecule has 0 aromatic heterocycles. The molecule has 1 unspecified atom stereocenters. The Morgan fingerprint density at radius 2 is 1.67 bits per heavy atom. The van der Waals surface area contributed by atoms with Crippen molar-refractivity contribution in [1.29, 1.82) is 0 Å². The summed E-state index contributed by atoms with van der Waals surface area (Å²) >= 11 is 0. The minimum atomic E-state index is -0.339. The molecule has 0 saturated carbocycles. The van der Waals surface area contributed by atoms with Gasteiger partial charge in [-0.2, -0.15) is 0 Å². The predicted octanol–water partition coefficient (Wildman–Crippen LogP) is 3.05. The van der Waals surface area contributed by atoms with E-state index in [4.69, 9.17) is 15.2 Å². The minimum absolute atomic E-state index is 0.339. The highest BCUT2D eigenvalue weighted by molar-refractivity contribution is 5.46. The van der Waals surface area contributed by atoms with Crippen molar-refractivity contribution in [1.82, 2.24) is 0 Å². The fraction of sp³-hybridized carbons (Fsp3) is 0.333. The SMILES string of the molecule is COc1ccc(C2(N)CCc3ccccc3C2)cc1OC. The Bertz CT molecular complexity index is 653. The van der Waals surface area contributed by atoms with Crippen LogP contribution in [0, 0.1) is 0 Å². The maximum Gasteiger partial charge on any atom is 0.161 e. The second kappa shape index (κ2) is 5.41. The van der Waals surface area contributed by atoms with E-state index in [9.17, 15) is 0 Å². The monoisotopic (exact) mass is 283 g/mol. The van der Waals surface area contributed by atoms with E-state index in [0.717, 1.165) is 36.3 Å². The molecule has 2 aromatic rings. The molecule has 21 heavy (non-hydrogen) atoms. The number of methoxy groups -OCH3 is 2. The van der Waals surface area contributed by atoms with Crippen molar-refractivity contribution >= 4 is 0 Å². The third-order valence-electron chi connectivity index (χ3n) is 4.42. The molecule has 0 aliphatic heterocycles. The van der Waals surface area contributed by atoms with Gasteiger partial charge < -0.3 is 15.2 Å². The van der Waals surface area contributed by atoms with Crippen LogP contribution in [0.15, 0.2) is 42.5 Å². The summed E-state index contributed by atoms with van der Waals surface area (Å²) in [6.07, 6.45) is 2.82. The molecule has 3 nitrogen and oxygen atoms in total. The lowest BCUT2D eigenvalue weighted by molar-refractivity contribution is 0.348. The summed E-state index contributed by atoms with van der Waals surface area (Å²) in [6.45, 7) is 0. The second-order valence-corrected chi connectivity index (χ2v) is 5.67. The summed E-state index contributed by atoms with van der Waals surface area (Å²) in [5.41, 5.74) is 10.2. The average Bonchev–Trinajstić information content (AvgIpc) is 2.54. The number of fused-ring (bicyclic) bond motifs is 1. The molecule has 2 aromatic carbocycles. The predicted molar refractivity (Wildman–Crippen MR) is 83.9 cm³/mol. The van der Waals surface area contributed by atoms with Crippen molar-refractivity contribution < 1.29 is 9.47 Å². The molecular weight excluding hydrogens is 262 g/mol. The Labute approximate surface area is 125 Å². The quantitative estimate of drug-likeness (QED) is 0.941. The van der Waals surface area contributed by atoms with Crippen molar-refractivity contribution in [2.24, 2.45) is 5.73 Å². The van der Waals surface area contributed by atoms with Crippen molar-refractivity contribution in [3.05, 3.63) is 59.2 Å². The molecule has 0 bridgehead atoms. The molecule has 0 amide bonds. The highest BCUT2D eigenvalue weighted by Gasteiger charge is 2.32. The zero-order valence-corrected chi connectivity index (χ0v) is 12.6. The lowest BCUT2D eigenvalue weighted by atomic mass is 9.74. The molecule has 0 saturated heterocycles. The van der Waals surface area contributed by atoms with Gasteiger partial charge in [-0.1, -0.05) is 30.3 Å². The first kappa shape index (κ1) is 14.0. The summed E-state index contributed by atoms with van der Waals surface area (Å²) in [7, 11) is 3.30. The number of hydrogen-bond donors (Lipinski definition) is 1. The normalized spacial score (nSPS) is 20.7. The van der Waals surface area contributed by atoms with Gasteiger partial charge in [0.05, 0.1) is 14.2 Å². The molecule has 0 spiro atoms. The number of nitrogens with two attached hydrogens (primary N) is 1. The topological polar surface area (TPSA) is 44.5 Å². The molecule has 1 atom stereocenters. The smallest absolute Gasteiger partial charge is 0.161 e. The van der Waals surface area contributed by atoms with E-state index >= 15 is 0 Å². The van der Waals surface area contributed by atoms with Crippen LogP contribution in [0.25, 0.3) is 0 Å². The van der Waals surface area contributed by atoms with Crippen molar-refractivity contribution in [2.75, 3.05) is 14.2 Å². The molecule has 3 rings (SSSR count). The number of aryl methyl sites for hydroxylation is 1. The highest BCUT2D eigenvalue weighted by atomic mass is 16.5. The van der Waals surface area contributed by atoms with Crippen LogP contribution in [0.3, 0.4) is 0 Å². The molecule has 1 aliphatic carbocycles. The zero-order valence-electron chi connectivity index (χ0n) is 12.6. The fourth-order valence-electron chi connectivity index (χ4n) is 3.15. The van der Waals surface area contributed by atoms with Crippen LogP contribution in [-0.2, 0) is 18.4 Å². The van der Waals surface area contributed by atoms with Crippen LogP contribution in [0.5, 0.6) is 11.5 Å². The van der Waals surface area contributed by atoms with Gasteiger partial charge in [-0.15, -0.1) is 0 Å². The van der Waals surface area contributed by atoms with E-state index in [0.29, 0.717) is 0 Å². The Hall–Kier alpha value is -2.00. The van der Waals surface area contributed by atoms with Gasteiger partial charge in [-0.3, -0.25) is 0 Å². The molecule has 0 radical (unpaired) electrons. The van der Waals surface area contributed by atoms with Gasteiger partial charge >= 0.3 is 0 Å². The Balaban J connectivity index is 1.97. The lowest BCUT2D eigenvalue weighted by Crippen LogP contribution is -2.42. The molecule has 1 aliphatic rings. The second-order valence-electron chi connectivity index (χ2n) is 5.67. The molecule has 0 heterocycles. The van der Waals surface area contributed by atoms with Gasteiger partial charge in [0.1, 0.15) is 0 Å². The molecule has 2 N–H and O–H groups in total. The van der Waals surface area contributed by atoms with E-state index in [1.54, 1.807) is 14.2 Å². The standard InChI is InChI=1S/C18H21NO2/c1-20-16-8-7-15(11-17(16)21-2)18(19)10-9-13-5-3-4-6-14(13)12-18/h3-8,11H,9-10,12,19H2,1-2H3. The van der Waals surface area contributed by atoms with Crippen LogP contribution in [0.2, 0.25) is 0 Å². The van der Waals surface area contributed by atoms with E-state index in [-0.39, 0.29) is 5.54 Å². The van der Waals surface area contributed by atoms with Gasteiger partial charge in [0.15, 0.2) is 11.5 Å². The van der Waals surface area contributed by atoms with E-state index < -0.39 is 0 Å². The van der Waals surface area contributed by atoms with Crippen molar-refractivity contribution in [3.8, 4) is 11.5 Å². The van der Waals surface area contributed by atoms with Gasteiger partial charge in [0.2, 0.25) is 0 Å². The van der Waals surface area contributed by atoms with E-state index in [1.807, 2.05) is 12.1 Å². The third-order valence-corrected chi connectivity index (χ3v) is 4.42.